The number of likely N-dealkylation sites (N-methyl/N-ethyl adjacent to an activating group) is 1. The van der Waals surface area contributed by atoms with E-state index in [9.17, 15) is 19.7 Å². The zero-order chi connectivity index (χ0) is 21.8. The summed E-state index contributed by atoms with van der Waals surface area (Å²) in [6.45, 7) is 3.59. The number of nitro groups is 1. The third kappa shape index (κ3) is 4.57. The van der Waals surface area contributed by atoms with Gasteiger partial charge in [-0.1, -0.05) is 18.2 Å². The molecule has 0 atom stereocenters. The molecule has 156 valence electrons. The van der Waals surface area contributed by atoms with Crippen LogP contribution in [0.15, 0.2) is 36.4 Å². The summed E-state index contributed by atoms with van der Waals surface area (Å²) in [4.78, 5) is 36.7. The van der Waals surface area contributed by atoms with Crippen molar-refractivity contribution in [2.24, 2.45) is 0 Å². The predicted octanol–water partition coefficient (Wildman–Crippen LogP) is 3.05. The second-order valence-electron chi connectivity index (χ2n) is 6.86. The van der Waals surface area contributed by atoms with Crippen LogP contribution in [0.4, 0.5) is 11.4 Å². The lowest BCUT2D eigenvalue weighted by Gasteiger charge is -2.16. The molecule has 1 aliphatic heterocycles. The lowest BCUT2D eigenvalue weighted by molar-refractivity contribution is -0.385. The Morgan fingerprint density at radius 1 is 1.20 bits per heavy atom. The second-order valence-corrected chi connectivity index (χ2v) is 6.86. The van der Waals surface area contributed by atoms with Crippen molar-refractivity contribution < 1.29 is 24.0 Å². The minimum absolute atomic E-state index is 0.0171. The number of hydrogen-bond acceptors (Lipinski definition) is 6. The number of hydrogen-bond donors (Lipinski definition) is 1. The smallest absolute Gasteiger partial charge is 0.280 e. The van der Waals surface area contributed by atoms with Gasteiger partial charge in [0.2, 0.25) is 18.6 Å². The van der Waals surface area contributed by atoms with Crippen LogP contribution in [0, 0.1) is 24.0 Å². The maximum Gasteiger partial charge on any atom is 0.280 e. The Morgan fingerprint density at radius 2 is 1.83 bits per heavy atom. The first kappa shape index (κ1) is 20.8. The molecular formula is C21H21N3O6. The SMILES string of the molecule is Cc1cccc(C)c1NC(=O)CN(C)C(=O)/C=C/c1cc2c(cc1[N+](=O)[O-])OCO2. The molecule has 3 rings (SSSR count). The zero-order valence-electron chi connectivity index (χ0n) is 16.8. The van der Waals surface area contributed by atoms with Crippen molar-refractivity contribution in [3.05, 3.63) is 63.2 Å². The number of fused-ring (bicyclic) bond motifs is 1. The number of carbonyl (C=O) groups is 2. The van der Waals surface area contributed by atoms with E-state index in [2.05, 4.69) is 5.32 Å². The number of rotatable bonds is 6. The highest BCUT2D eigenvalue weighted by atomic mass is 16.7. The molecule has 0 aromatic heterocycles. The van der Waals surface area contributed by atoms with Gasteiger partial charge >= 0.3 is 0 Å². The van der Waals surface area contributed by atoms with Gasteiger partial charge in [-0.3, -0.25) is 19.7 Å². The molecule has 2 amide bonds. The fourth-order valence-electron chi connectivity index (χ4n) is 3.01. The first-order chi connectivity index (χ1) is 14.3. The van der Waals surface area contributed by atoms with E-state index in [1.165, 1.54) is 36.2 Å². The Labute approximate surface area is 173 Å². The number of nitrogens with one attached hydrogen (secondary N) is 1. The van der Waals surface area contributed by atoms with Crippen molar-refractivity contribution in [3.63, 3.8) is 0 Å². The van der Waals surface area contributed by atoms with Gasteiger partial charge in [-0.15, -0.1) is 0 Å². The third-order valence-corrected chi connectivity index (χ3v) is 4.63. The van der Waals surface area contributed by atoms with Gasteiger partial charge < -0.3 is 19.7 Å². The van der Waals surface area contributed by atoms with Gasteiger partial charge in [-0.2, -0.15) is 0 Å². The van der Waals surface area contributed by atoms with Crippen LogP contribution in [0.1, 0.15) is 16.7 Å². The molecule has 0 saturated heterocycles. The van der Waals surface area contributed by atoms with E-state index in [0.29, 0.717) is 5.75 Å². The van der Waals surface area contributed by atoms with Gasteiger partial charge in [0.15, 0.2) is 11.5 Å². The summed E-state index contributed by atoms with van der Waals surface area (Å²) < 4.78 is 10.4. The number of aryl methyl sites for hydroxylation is 2. The monoisotopic (exact) mass is 411 g/mol. The molecule has 1 aliphatic rings. The summed E-state index contributed by atoms with van der Waals surface area (Å²) >= 11 is 0. The van der Waals surface area contributed by atoms with E-state index in [0.717, 1.165) is 16.8 Å². The van der Waals surface area contributed by atoms with Gasteiger partial charge in [0.05, 0.1) is 23.1 Å². The van der Waals surface area contributed by atoms with Crippen LogP contribution in [0.5, 0.6) is 11.5 Å². The summed E-state index contributed by atoms with van der Waals surface area (Å²) in [5.41, 5.74) is 2.55. The molecule has 1 N–H and O–H groups in total. The molecular weight excluding hydrogens is 390 g/mol. The topological polar surface area (TPSA) is 111 Å². The van der Waals surface area contributed by atoms with Crippen LogP contribution >= 0.6 is 0 Å². The van der Waals surface area contributed by atoms with Crippen molar-refractivity contribution >= 4 is 29.3 Å². The molecule has 0 unspecified atom stereocenters. The van der Waals surface area contributed by atoms with E-state index in [1.54, 1.807) is 0 Å². The maximum atomic E-state index is 12.4. The molecule has 0 bridgehead atoms. The number of amides is 2. The van der Waals surface area contributed by atoms with Crippen LogP contribution in [-0.4, -0.2) is 42.0 Å². The summed E-state index contributed by atoms with van der Waals surface area (Å²) in [5.74, 6) is -0.163. The standard InChI is InChI=1S/C21H21N3O6/c1-13-5-4-6-14(2)21(13)22-19(25)11-23(3)20(26)8-7-15-9-17-18(30-12-29-17)10-16(15)24(27)28/h4-10H,11-12H2,1-3H3,(H,22,25)/b8-7+. The summed E-state index contributed by atoms with van der Waals surface area (Å²) in [6.07, 6.45) is 2.50. The van der Waals surface area contributed by atoms with Crippen LogP contribution in [0.3, 0.4) is 0 Å². The maximum absolute atomic E-state index is 12.4. The Hall–Kier alpha value is -3.88. The number of carbonyl (C=O) groups excluding carboxylic acids is 2. The van der Waals surface area contributed by atoms with E-state index < -0.39 is 10.8 Å². The average Bonchev–Trinajstić information content (AvgIpc) is 3.15. The van der Waals surface area contributed by atoms with Gasteiger partial charge in [0.1, 0.15) is 0 Å². The lowest BCUT2D eigenvalue weighted by atomic mass is 10.1. The van der Waals surface area contributed by atoms with Gasteiger partial charge in [-0.25, -0.2) is 0 Å². The number of anilines is 1. The second kappa shape index (κ2) is 8.64. The van der Waals surface area contributed by atoms with Crippen LogP contribution in [-0.2, 0) is 9.59 Å². The minimum atomic E-state index is -0.562. The molecule has 9 heteroatoms. The number of para-hydroxylation sites is 1. The van der Waals surface area contributed by atoms with Crippen molar-refractivity contribution in [1.82, 2.24) is 4.90 Å². The van der Waals surface area contributed by atoms with Crippen molar-refractivity contribution in [3.8, 4) is 11.5 Å². The quantitative estimate of drug-likeness (QED) is 0.444. The Morgan fingerprint density at radius 3 is 2.47 bits per heavy atom. The molecule has 0 spiro atoms. The molecule has 0 aliphatic carbocycles. The van der Waals surface area contributed by atoms with Gasteiger partial charge in [0.25, 0.3) is 5.69 Å². The van der Waals surface area contributed by atoms with Gasteiger partial charge in [0, 0.05) is 18.8 Å². The predicted molar refractivity (Wildman–Crippen MR) is 110 cm³/mol. The van der Waals surface area contributed by atoms with E-state index in [4.69, 9.17) is 9.47 Å². The Balaban J connectivity index is 1.68. The minimum Gasteiger partial charge on any atom is -0.454 e. The Bertz CT molecular complexity index is 1030. The number of ether oxygens (including phenoxy) is 2. The normalized spacial score (nSPS) is 12.1. The van der Waals surface area contributed by atoms with E-state index >= 15 is 0 Å². The molecule has 0 radical (unpaired) electrons. The zero-order valence-corrected chi connectivity index (χ0v) is 16.8. The highest BCUT2D eigenvalue weighted by Gasteiger charge is 2.22. The molecule has 0 saturated carbocycles. The first-order valence-corrected chi connectivity index (χ1v) is 9.13. The van der Waals surface area contributed by atoms with Crippen molar-refractivity contribution in [2.45, 2.75) is 13.8 Å². The number of nitrogens with zero attached hydrogens (tertiary/aromatic N) is 2. The number of nitro benzene ring substituents is 1. The van der Waals surface area contributed by atoms with Crippen molar-refractivity contribution in [2.75, 3.05) is 25.7 Å². The van der Waals surface area contributed by atoms with Crippen LogP contribution in [0.2, 0.25) is 0 Å². The molecule has 2 aromatic carbocycles. The first-order valence-electron chi connectivity index (χ1n) is 9.13. The van der Waals surface area contributed by atoms with E-state index in [-0.39, 0.29) is 36.2 Å². The average molecular weight is 411 g/mol. The molecule has 1 heterocycles. The Kier molecular flexibility index (Phi) is 6.01. The van der Waals surface area contributed by atoms with Crippen LogP contribution < -0.4 is 14.8 Å². The summed E-state index contributed by atoms with van der Waals surface area (Å²) in [6, 6.07) is 8.37. The summed E-state index contributed by atoms with van der Waals surface area (Å²) in [7, 11) is 1.48. The number of benzene rings is 2. The van der Waals surface area contributed by atoms with Crippen LogP contribution in [0.25, 0.3) is 6.08 Å². The highest BCUT2D eigenvalue weighted by Crippen LogP contribution is 2.38. The largest absolute Gasteiger partial charge is 0.454 e. The lowest BCUT2D eigenvalue weighted by Crippen LogP contribution is -2.34. The fraction of sp³-hybridized carbons (Fsp3) is 0.238. The molecule has 9 nitrogen and oxygen atoms in total. The molecule has 30 heavy (non-hydrogen) atoms. The van der Waals surface area contributed by atoms with Gasteiger partial charge in [-0.05, 0) is 37.1 Å². The van der Waals surface area contributed by atoms with Crippen molar-refractivity contribution in [1.29, 1.82) is 0 Å². The third-order valence-electron chi connectivity index (χ3n) is 4.63. The van der Waals surface area contributed by atoms with E-state index in [1.807, 2.05) is 32.0 Å². The molecule has 2 aromatic rings. The highest BCUT2D eigenvalue weighted by molar-refractivity contribution is 5.98. The fourth-order valence-corrected chi connectivity index (χ4v) is 3.01. The summed E-state index contributed by atoms with van der Waals surface area (Å²) in [5, 5.41) is 14.1. The molecule has 0 fully saturated rings.